The summed E-state index contributed by atoms with van der Waals surface area (Å²) in [7, 11) is 0. The molecule has 1 aliphatic carbocycles. The van der Waals surface area contributed by atoms with E-state index in [0.717, 1.165) is 17.7 Å². The second-order valence-corrected chi connectivity index (χ2v) is 10.1. The van der Waals surface area contributed by atoms with Crippen LogP contribution in [0.15, 0.2) is 0 Å². The third-order valence-corrected chi connectivity index (χ3v) is 7.50. The molecule has 1 saturated heterocycles. The van der Waals surface area contributed by atoms with E-state index in [-0.39, 0.29) is 30.3 Å². The van der Waals surface area contributed by atoms with Gasteiger partial charge in [-0.25, -0.2) is 9.74 Å². The van der Waals surface area contributed by atoms with Crippen LogP contribution >= 0.6 is 11.8 Å². The summed E-state index contributed by atoms with van der Waals surface area (Å²) in [5.41, 5.74) is 0.0377. The number of carbonyl (C=O) groups is 1. The maximum absolute atomic E-state index is 14.2. The fourth-order valence-corrected chi connectivity index (χ4v) is 5.57. The number of rotatable bonds is 6. The van der Waals surface area contributed by atoms with Gasteiger partial charge in [0.05, 0.1) is 12.6 Å². The summed E-state index contributed by atoms with van der Waals surface area (Å²) in [5.74, 6) is -0.0899. The van der Waals surface area contributed by atoms with Crippen LogP contribution in [0.25, 0.3) is 0 Å². The zero-order chi connectivity index (χ0) is 22.0. The fraction of sp³-hybridized carbons (Fsp3) is 0.889. The third-order valence-electron chi connectivity index (χ3n) is 6.11. The van der Waals surface area contributed by atoms with Crippen molar-refractivity contribution in [2.24, 2.45) is 17.2 Å². The maximum atomic E-state index is 14.2. The molecular formula is C18H29F3N4O3S. The highest BCUT2D eigenvalue weighted by molar-refractivity contribution is 8.00. The standard InChI is InChI=1S/C18H29F3N4O3S/c1-17(2,3)12-5-4-6-14(9-12)25(23,27)8-7-24-13(10-22)11-29-15(24)18(19,20)16(26)28-21/h12-15H,4-9,11,23H2,1-3H3. The van der Waals surface area contributed by atoms with Gasteiger partial charge in [-0.3, -0.25) is 9.66 Å². The Labute approximate surface area is 173 Å². The fourth-order valence-electron chi connectivity index (χ4n) is 4.19. The van der Waals surface area contributed by atoms with Gasteiger partial charge in [-0.1, -0.05) is 20.8 Å². The Morgan fingerprint density at radius 3 is 2.62 bits per heavy atom. The average molecular weight is 439 g/mol. The van der Waals surface area contributed by atoms with E-state index >= 15 is 0 Å². The summed E-state index contributed by atoms with van der Waals surface area (Å²) in [5, 5.41) is 20.6. The number of thioether (sulfide) groups is 1. The molecule has 0 radical (unpaired) electrons. The molecule has 2 fully saturated rings. The van der Waals surface area contributed by atoms with Crippen molar-refractivity contribution < 1.29 is 27.8 Å². The van der Waals surface area contributed by atoms with Gasteiger partial charge in [0.2, 0.25) is 0 Å². The van der Waals surface area contributed by atoms with Crippen LogP contribution < -0.4 is 5.84 Å². The SMILES string of the molecule is CC(C)(C)C1CCCC([N+](N)([O-])CCN2C(C#N)CSC2C(F)(F)C(=O)OF)C1. The molecule has 11 heteroatoms. The molecule has 0 aromatic rings. The first kappa shape index (κ1) is 24.2. The summed E-state index contributed by atoms with van der Waals surface area (Å²) >= 11 is 0.660. The van der Waals surface area contributed by atoms with Crippen LogP contribution in [0.3, 0.4) is 0 Å². The Hall–Kier alpha value is -1.06. The Balaban J connectivity index is 2.10. The summed E-state index contributed by atoms with van der Waals surface area (Å²) < 4.78 is 39.5. The summed E-state index contributed by atoms with van der Waals surface area (Å²) in [4.78, 5) is 15.0. The molecule has 2 N–H and O–H groups in total. The number of halogens is 3. The number of nitriles is 1. The van der Waals surface area contributed by atoms with Crippen molar-refractivity contribution in [3.63, 3.8) is 0 Å². The lowest BCUT2D eigenvalue weighted by atomic mass is 9.71. The Kier molecular flexibility index (Phi) is 7.49. The van der Waals surface area contributed by atoms with Crippen molar-refractivity contribution in [3.8, 4) is 6.07 Å². The van der Waals surface area contributed by atoms with E-state index in [4.69, 9.17) is 5.84 Å². The van der Waals surface area contributed by atoms with Crippen molar-refractivity contribution in [3.05, 3.63) is 5.21 Å². The van der Waals surface area contributed by atoms with Gasteiger partial charge in [0.25, 0.3) is 0 Å². The minimum absolute atomic E-state index is 0.00920. The molecule has 0 bridgehead atoms. The molecule has 2 aliphatic rings. The number of quaternary nitrogens is 1. The van der Waals surface area contributed by atoms with Gasteiger partial charge >= 0.3 is 11.9 Å². The first-order chi connectivity index (χ1) is 13.3. The number of alkyl halides is 2. The largest absolute Gasteiger partial charge is 0.611 e. The highest BCUT2D eigenvalue weighted by Crippen LogP contribution is 2.42. The first-order valence-electron chi connectivity index (χ1n) is 9.69. The lowest BCUT2D eigenvalue weighted by Gasteiger charge is -2.49. The first-order valence-corrected chi connectivity index (χ1v) is 10.7. The number of hydroxylamine groups is 2. The van der Waals surface area contributed by atoms with Gasteiger partial charge in [0.15, 0.2) is 0 Å². The molecule has 0 amide bonds. The van der Waals surface area contributed by atoms with Crippen LogP contribution in [0.5, 0.6) is 0 Å². The predicted molar refractivity (Wildman–Crippen MR) is 102 cm³/mol. The van der Waals surface area contributed by atoms with E-state index in [2.05, 4.69) is 25.7 Å². The quantitative estimate of drug-likeness (QED) is 0.386. The smallest absolute Gasteiger partial charge is 0.420 e. The van der Waals surface area contributed by atoms with Gasteiger partial charge in [-0.15, -0.1) is 11.8 Å². The normalized spacial score (nSPS) is 31.1. The number of nitrogens with two attached hydrogens (primary N) is 1. The zero-order valence-corrected chi connectivity index (χ0v) is 17.8. The van der Waals surface area contributed by atoms with Gasteiger partial charge < -0.3 is 5.21 Å². The van der Waals surface area contributed by atoms with Crippen molar-refractivity contribution in [1.82, 2.24) is 4.90 Å². The molecule has 2 rings (SSSR count). The van der Waals surface area contributed by atoms with Crippen LogP contribution in [-0.2, 0) is 9.74 Å². The van der Waals surface area contributed by atoms with E-state index < -0.39 is 28.1 Å². The zero-order valence-electron chi connectivity index (χ0n) is 16.9. The molecule has 1 aliphatic heterocycles. The Morgan fingerprint density at radius 1 is 1.41 bits per heavy atom. The topological polar surface area (TPSA) is 102 Å². The van der Waals surface area contributed by atoms with E-state index in [1.807, 2.05) is 6.07 Å². The van der Waals surface area contributed by atoms with Crippen molar-refractivity contribution in [2.45, 2.75) is 69.8 Å². The monoisotopic (exact) mass is 438 g/mol. The number of hydrogen-bond donors (Lipinski definition) is 1. The molecule has 1 saturated carbocycles. The van der Waals surface area contributed by atoms with E-state index in [1.165, 1.54) is 0 Å². The molecule has 166 valence electrons. The van der Waals surface area contributed by atoms with Gasteiger partial charge in [0.1, 0.15) is 24.0 Å². The number of hydrogen-bond acceptors (Lipinski definition) is 7. The molecule has 1 heterocycles. The minimum Gasteiger partial charge on any atom is -0.611 e. The lowest BCUT2D eigenvalue weighted by molar-refractivity contribution is -0.918. The number of nitrogens with zero attached hydrogens (tertiary/aromatic N) is 3. The summed E-state index contributed by atoms with van der Waals surface area (Å²) in [6.07, 6.45) is 3.18. The molecule has 0 aromatic heterocycles. The molecule has 0 aromatic carbocycles. The Bertz CT molecular complexity index is 639. The van der Waals surface area contributed by atoms with Crippen molar-refractivity contribution >= 4 is 17.7 Å². The van der Waals surface area contributed by atoms with Crippen LogP contribution in [0.2, 0.25) is 0 Å². The minimum atomic E-state index is -4.15. The third kappa shape index (κ3) is 5.35. The van der Waals surface area contributed by atoms with Crippen molar-refractivity contribution in [1.29, 1.82) is 5.26 Å². The molecule has 29 heavy (non-hydrogen) atoms. The van der Waals surface area contributed by atoms with Crippen LogP contribution in [0, 0.1) is 27.9 Å². The molecule has 5 atom stereocenters. The van der Waals surface area contributed by atoms with Crippen LogP contribution in [0.4, 0.5) is 13.3 Å². The Morgan fingerprint density at radius 2 is 2.07 bits per heavy atom. The molecule has 5 unspecified atom stereocenters. The van der Waals surface area contributed by atoms with E-state index in [1.54, 1.807) is 0 Å². The van der Waals surface area contributed by atoms with E-state index in [0.29, 0.717) is 30.5 Å². The summed E-state index contributed by atoms with van der Waals surface area (Å²) in [6, 6.07) is 0.596. The highest BCUT2D eigenvalue weighted by Gasteiger charge is 2.57. The maximum Gasteiger partial charge on any atom is 0.420 e. The number of carbonyl (C=O) groups excluding carboxylic acids is 1. The van der Waals surface area contributed by atoms with Gasteiger partial charge in [-0.05, 0) is 24.2 Å². The second-order valence-electron chi connectivity index (χ2n) is 9.02. The van der Waals surface area contributed by atoms with Gasteiger partial charge in [0, 0.05) is 23.1 Å². The van der Waals surface area contributed by atoms with Gasteiger partial charge in [-0.2, -0.15) is 19.9 Å². The van der Waals surface area contributed by atoms with E-state index in [9.17, 15) is 28.6 Å². The highest BCUT2D eigenvalue weighted by atomic mass is 32.2. The predicted octanol–water partition coefficient (Wildman–Crippen LogP) is 3.11. The molecular weight excluding hydrogens is 409 g/mol. The summed E-state index contributed by atoms with van der Waals surface area (Å²) in [6.45, 7) is 5.93. The molecule has 0 spiro atoms. The van der Waals surface area contributed by atoms with Crippen LogP contribution in [-0.4, -0.2) is 57.8 Å². The van der Waals surface area contributed by atoms with Crippen molar-refractivity contribution in [2.75, 3.05) is 18.8 Å². The second kappa shape index (κ2) is 8.98. The lowest BCUT2D eigenvalue weighted by Crippen LogP contribution is -2.62. The molecule has 7 nitrogen and oxygen atoms in total. The van der Waals surface area contributed by atoms with Crippen LogP contribution in [0.1, 0.15) is 46.5 Å². The average Bonchev–Trinajstić information content (AvgIpc) is 3.09.